The molecular weight excluding hydrogens is 354 g/mol. The molecule has 0 bridgehead atoms. The molecule has 25 heavy (non-hydrogen) atoms. The van der Waals surface area contributed by atoms with E-state index in [9.17, 15) is 9.59 Å². The number of para-hydroxylation sites is 1. The summed E-state index contributed by atoms with van der Waals surface area (Å²) in [5, 5.41) is 1.20. The van der Waals surface area contributed by atoms with Gasteiger partial charge in [-0.05, 0) is 31.5 Å². The van der Waals surface area contributed by atoms with Crippen molar-refractivity contribution in [2.24, 2.45) is 0 Å². The lowest BCUT2D eigenvalue weighted by molar-refractivity contribution is -0.125. The highest BCUT2D eigenvalue weighted by Crippen LogP contribution is 2.29. The van der Waals surface area contributed by atoms with Gasteiger partial charge >= 0.3 is 0 Å². The van der Waals surface area contributed by atoms with Crippen molar-refractivity contribution in [1.29, 1.82) is 0 Å². The Bertz CT molecular complexity index is 991. The zero-order valence-corrected chi connectivity index (χ0v) is 16.2. The van der Waals surface area contributed by atoms with Crippen LogP contribution in [0.5, 0.6) is 0 Å². The summed E-state index contributed by atoms with van der Waals surface area (Å²) in [7, 11) is 3.44. The van der Waals surface area contributed by atoms with E-state index in [1.165, 1.54) is 28.0 Å². The summed E-state index contributed by atoms with van der Waals surface area (Å²) >= 11 is 2.81. The van der Waals surface area contributed by atoms with Crippen LogP contribution in [0.2, 0.25) is 0 Å². The van der Waals surface area contributed by atoms with Gasteiger partial charge in [-0.1, -0.05) is 30.0 Å². The zero-order valence-electron chi connectivity index (χ0n) is 14.6. The van der Waals surface area contributed by atoms with Crippen LogP contribution in [0, 0.1) is 13.8 Å². The van der Waals surface area contributed by atoms with Crippen LogP contribution in [0.3, 0.4) is 0 Å². The van der Waals surface area contributed by atoms with Gasteiger partial charge in [0.05, 0.1) is 16.8 Å². The second-order valence-electron chi connectivity index (χ2n) is 5.91. The van der Waals surface area contributed by atoms with E-state index in [2.05, 4.69) is 0 Å². The number of thioether (sulfide) groups is 1. The third kappa shape index (κ3) is 3.34. The number of carbonyl (C=O) groups excluding carboxylic acids is 1. The van der Waals surface area contributed by atoms with Gasteiger partial charge in [0, 0.05) is 19.0 Å². The van der Waals surface area contributed by atoms with Crippen LogP contribution in [0.15, 0.2) is 40.3 Å². The Morgan fingerprint density at radius 2 is 1.92 bits per heavy atom. The molecule has 0 saturated heterocycles. The van der Waals surface area contributed by atoms with E-state index in [-0.39, 0.29) is 17.2 Å². The van der Waals surface area contributed by atoms with Crippen molar-refractivity contribution >= 4 is 39.2 Å². The highest BCUT2D eigenvalue weighted by molar-refractivity contribution is 7.99. The van der Waals surface area contributed by atoms with E-state index in [0.29, 0.717) is 10.5 Å². The number of hydrogen-bond donors (Lipinski definition) is 0. The SMILES string of the molecule is Cc1sc2nc(SCC(=O)N(C)C)n(-c3ccccc3)c(=O)c2c1C. The summed E-state index contributed by atoms with van der Waals surface area (Å²) in [4.78, 5) is 33.2. The molecule has 0 unspecified atom stereocenters. The summed E-state index contributed by atoms with van der Waals surface area (Å²) in [5.74, 6) is 0.221. The van der Waals surface area contributed by atoms with E-state index in [1.54, 1.807) is 18.7 Å². The Morgan fingerprint density at radius 3 is 2.56 bits per heavy atom. The maximum absolute atomic E-state index is 13.2. The standard InChI is InChI=1S/C18H19N3O2S2/c1-11-12(2)25-16-15(11)17(23)21(13-8-6-5-7-9-13)18(19-16)24-10-14(22)20(3)4/h5-9H,10H2,1-4H3. The normalized spacial score (nSPS) is 11.0. The molecule has 0 aliphatic rings. The largest absolute Gasteiger partial charge is 0.348 e. The van der Waals surface area contributed by atoms with Crippen LogP contribution in [-0.2, 0) is 4.79 Å². The minimum absolute atomic E-state index is 0.0162. The molecule has 0 fully saturated rings. The molecule has 130 valence electrons. The number of nitrogens with zero attached hydrogens (tertiary/aromatic N) is 3. The Hall–Kier alpha value is -2.12. The van der Waals surface area contributed by atoms with Gasteiger partial charge in [0.1, 0.15) is 4.83 Å². The van der Waals surface area contributed by atoms with Crippen LogP contribution in [0.25, 0.3) is 15.9 Å². The maximum atomic E-state index is 13.2. The van der Waals surface area contributed by atoms with Crippen molar-refractivity contribution in [1.82, 2.24) is 14.5 Å². The summed E-state index contributed by atoms with van der Waals surface area (Å²) < 4.78 is 1.61. The molecule has 3 aromatic rings. The van der Waals surface area contributed by atoms with Crippen LogP contribution >= 0.6 is 23.1 Å². The Balaban J connectivity index is 2.20. The van der Waals surface area contributed by atoms with E-state index in [0.717, 1.165) is 21.0 Å². The Kier molecular flexibility index (Phi) is 4.96. The molecule has 5 nitrogen and oxygen atoms in total. The first-order chi connectivity index (χ1) is 11.9. The highest BCUT2D eigenvalue weighted by atomic mass is 32.2. The molecule has 0 aliphatic carbocycles. The minimum Gasteiger partial charge on any atom is -0.348 e. The lowest BCUT2D eigenvalue weighted by Gasteiger charge is -2.13. The van der Waals surface area contributed by atoms with E-state index in [1.807, 2.05) is 44.2 Å². The topological polar surface area (TPSA) is 55.2 Å². The van der Waals surface area contributed by atoms with Gasteiger partial charge in [-0.3, -0.25) is 14.2 Å². The van der Waals surface area contributed by atoms with Crippen molar-refractivity contribution in [3.05, 3.63) is 51.1 Å². The number of hydrogen-bond acceptors (Lipinski definition) is 5. The highest BCUT2D eigenvalue weighted by Gasteiger charge is 2.18. The second-order valence-corrected chi connectivity index (χ2v) is 8.06. The fraction of sp³-hybridized carbons (Fsp3) is 0.278. The van der Waals surface area contributed by atoms with Gasteiger partial charge in [0.15, 0.2) is 5.16 Å². The monoisotopic (exact) mass is 373 g/mol. The molecule has 3 rings (SSSR count). The van der Waals surface area contributed by atoms with Crippen molar-refractivity contribution in [2.45, 2.75) is 19.0 Å². The second kappa shape index (κ2) is 7.01. The number of fused-ring (bicyclic) bond motifs is 1. The molecule has 1 amide bonds. The minimum atomic E-state index is -0.0853. The summed E-state index contributed by atoms with van der Waals surface area (Å²) in [6.07, 6.45) is 0. The van der Waals surface area contributed by atoms with E-state index < -0.39 is 0 Å². The van der Waals surface area contributed by atoms with Crippen molar-refractivity contribution in [2.75, 3.05) is 19.8 Å². The molecular formula is C18H19N3O2S2. The van der Waals surface area contributed by atoms with Gasteiger partial charge in [0.25, 0.3) is 5.56 Å². The van der Waals surface area contributed by atoms with Crippen molar-refractivity contribution < 1.29 is 4.79 Å². The number of thiophene rings is 1. The fourth-order valence-electron chi connectivity index (χ4n) is 2.43. The number of aryl methyl sites for hydroxylation is 2. The van der Waals surface area contributed by atoms with Crippen LogP contribution < -0.4 is 5.56 Å². The average molecular weight is 374 g/mol. The third-order valence-corrected chi connectivity index (χ3v) is 6.03. The molecule has 2 aromatic heterocycles. The van der Waals surface area contributed by atoms with Gasteiger partial charge in [-0.2, -0.15) is 0 Å². The van der Waals surface area contributed by atoms with E-state index in [4.69, 9.17) is 4.98 Å². The predicted octanol–water partition coefficient (Wildman–Crippen LogP) is 3.24. The number of amides is 1. The van der Waals surface area contributed by atoms with Crippen molar-refractivity contribution in [3.8, 4) is 5.69 Å². The molecule has 2 heterocycles. The quantitative estimate of drug-likeness (QED) is 0.520. The molecule has 0 radical (unpaired) electrons. The molecule has 0 N–H and O–H groups in total. The molecule has 0 spiro atoms. The van der Waals surface area contributed by atoms with E-state index >= 15 is 0 Å². The first-order valence-electron chi connectivity index (χ1n) is 7.81. The lowest BCUT2D eigenvalue weighted by Crippen LogP contribution is -2.25. The van der Waals surface area contributed by atoms with Gasteiger partial charge < -0.3 is 4.90 Å². The number of aromatic nitrogens is 2. The Morgan fingerprint density at radius 1 is 1.24 bits per heavy atom. The first-order valence-corrected chi connectivity index (χ1v) is 9.61. The average Bonchev–Trinajstić information content (AvgIpc) is 2.87. The van der Waals surface area contributed by atoms with Crippen LogP contribution in [0.4, 0.5) is 0 Å². The summed E-state index contributed by atoms with van der Waals surface area (Å²) in [6.45, 7) is 3.95. The predicted molar refractivity (Wildman–Crippen MR) is 104 cm³/mol. The number of rotatable bonds is 4. The first kappa shape index (κ1) is 17.7. The van der Waals surface area contributed by atoms with Crippen LogP contribution in [0.1, 0.15) is 10.4 Å². The van der Waals surface area contributed by atoms with Crippen molar-refractivity contribution in [3.63, 3.8) is 0 Å². The molecule has 1 aromatic carbocycles. The molecule has 0 aliphatic heterocycles. The summed E-state index contributed by atoms with van der Waals surface area (Å²) in [6, 6.07) is 9.43. The molecule has 0 atom stereocenters. The molecule has 0 saturated carbocycles. The third-order valence-electron chi connectivity index (χ3n) is 4.01. The number of benzene rings is 1. The summed E-state index contributed by atoms with van der Waals surface area (Å²) in [5.41, 5.74) is 1.64. The number of carbonyl (C=O) groups is 1. The fourth-order valence-corrected chi connectivity index (χ4v) is 4.49. The lowest BCUT2D eigenvalue weighted by atomic mass is 10.2. The van der Waals surface area contributed by atoms with Gasteiger partial charge in [-0.25, -0.2) is 4.98 Å². The molecule has 7 heteroatoms. The zero-order chi connectivity index (χ0) is 18.1. The van der Waals surface area contributed by atoms with Crippen LogP contribution in [-0.4, -0.2) is 40.2 Å². The van der Waals surface area contributed by atoms with Gasteiger partial charge in [-0.15, -0.1) is 11.3 Å². The van der Waals surface area contributed by atoms with Gasteiger partial charge in [0.2, 0.25) is 5.91 Å². The smallest absolute Gasteiger partial charge is 0.267 e. The Labute approximate surface area is 154 Å². The maximum Gasteiger partial charge on any atom is 0.267 e.